The molecule has 5 nitrogen and oxygen atoms in total. The standard InChI is InChI=1S/C10H7ClN4O/c1-15-6-8(5-13-15)16-10-3-7(4-12)2-9(11)14-10/h2-3,5-6H,1H3. The number of nitrogens with zero attached hydrogens (tertiary/aromatic N) is 4. The molecule has 0 bridgehead atoms. The number of hydrogen-bond acceptors (Lipinski definition) is 4. The molecule has 0 aliphatic heterocycles. The van der Waals surface area contributed by atoms with E-state index in [9.17, 15) is 0 Å². The minimum atomic E-state index is 0.220. The van der Waals surface area contributed by atoms with Crippen LogP contribution in [0.15, 0.2) is 24.5 Å². The van der Waals surface area contributed by atoms with Crippen molar-refractivity contribution in [1.29, 1.82) is 5.26 Å². The molecule has 0 saturated heterocycles. The lowest BCUT2D eigenvalue weighted by Gasteiger charge is -2.01. The Morgan fingerprint density at radius 2 is 2.31 bits per heavy atom. The van der Waals surface area contributed by atoms with Gasteiger partial charge < -0.3 is 4.74 Å². The third-order valence-corrected chi connectivity index (χ3v) is 2.00. The zero-order chi connectivity index (χ0) is 11.5. The van der Waals surface area contributed by atoms with Gasteiger partial charge >= 0.3 is 0 Å². The van der Waals surface area contributed by atoms with Gasteiger partial charge in [-0.05, 0) is 6.07 Å². The number of halogens is 1. The summed E-state index contributed by atoms with van der Waals surface area (Å²) in [5.41, 5.74) is 0.402. The van der Waals surface area contributed by atoms with E-state index in [1.807, 2.05) is 6.07 Å². The van der Waals surface area contributed by atoms with Crippen molar-refractivity contribution in [3.63, 3.8) is 0 Å². The third kappa shape index (κ3) is 2.30. The second-order valence-electron chi connectivity index (χ2n) is 3.08. The maximum atomic E-state index is 8.75. The number of rotatable bonds is 2. The van der Waals surface area contributed by atoms with Crippen LogP contribution in [0.1, 0.15) is 5.56 Å². The van der Waals surface area contributed by atoms with E-state index in [1.165, 1.54) is 12.1 Å². The highest BCUT2D eigenvalue weighted by Gasteiger charge is 2.04. The van der Waals surface area contributed by atoms with Crippen LogP contribution in [-0.2, 0) is 7.05 Å². The van der Waals surface area contributed by atoms with Crippen molar-refractivity contribution in [3.8, 4) is 17.7 Å². The van der Waals surface area contributed by atoms with Gasteiger partial charge in [-0.3, -0.25) is 4.68 Å². The van der Waals surface area contributed by atoms with Crippen LogP contribution >= 0.6 is 11.6 Å². The third-order valence-electron chi connectivity index (χ3n) is 1.80. The van der Waals surface area contributed by atoms with Crippen LogP contribution in [0.4, 0.5) is 0 Å². The zero-order valence-corrected chi connectivity index (χ0v) is 9.14. The molecule has 2 rings (SSSR count). The van der Waals surface area contributed by atoms with Gasteiger partial charge in [0, 0.05) is 13.1 Å². The van der Waals surface area contributed by atoms with Crippen molar-refractivity contribution >= 4 is 11.6 Å². The van der Waals surface area contributed by atoms with Crippen molar-refractivity contribution in [1.82, 2.24) is 14.8 Å². The van der Waals surface area contributed by atoms with Crippen LogP contribution < -0.4 is 4.74 Å². The fourth-order valence-corrected chi connectivity index (χ4v) is 1.36. The van der Waals surface area contributed by atoms with Crippen molar-refractivity contribution in [3.05, 3.63) is 35.2 Å². The van der Waals surface area contributed by atoms with E-state index in [0.29, 0.717) is 11.3 Å². The molecule has 2 aromatic heterocycles. The van der Waals surface area contributed by atoms with E-state index in [1.54, 1.807) is 24.1 Å². The molecule has 80 valence electrons. The number of hydrogen-bond donors (Lipinski definition) is 0. The summed E-state index contributed by atoms with van der Waals surface area (Å²) in [4.78, 5) is 3.94. The van der Waals surface area contributed by atoms with E-state index in [2.05, 4.69) is 10.1 Å². The smallest absolute Gasteiger partial charge is 0.222 e. The Bertz CT molecular complexity index is 558. The SMILES string of the molecule is Cn1cc(Oc2cc(C#N)cc(Cl)n2)cn1. The first-order chi connectivity index (χ1) is 7.67. The van der Waals surface area contributed by atoms with E-state index in [-0.39, 0.29) is 11.0 Å². The van der Waals surface area contributed by atoms with Crippen LogP contribution in [0.2, 0.25) is 5.15 Å². The summed E-state index contributed by atoms with van der Waals surface area (Å²) < 4.78 is 6.99. The molecule has 0 N–H and O–H groups in total. The molecule has 0 atom stereocenters. The van der Waals surface area contributed by atoms with Crippen molar-refractivity contribution in [2.24, 2.45) is 7.05 Å². The molecular formula is C10H7ClN4O. The van der Waals surface area contributed by atoms with Gasteiger partial charge in [0.15, 0.2) is 5.75 Å². The minimum Gasteiger partial charge on any atom is -0.436 e. The normalized spacial score (nSPS) is 9.81. The highest BCUT2D eigenvalue weighted by atomic mass is 35.5. The number of ether oxygens (including phenoxy) is 1. The summed E-state index contributed by atoms with van der Waals surface area (Å²) in [7, 11) is 1.78. The first kappa shape index (κ1) is 10.5. The number of aryl methyl sites for hydroxylation is 1. The molecule has 0 aromatic carbocycles. The summed E-state index contributed by atoms with van der Waals surface area (Å²) >= 11 is 5.74. The van der Waals surface area contributed by atoms with Gasteiger partial charge in [-0.2, -0.15) is 10.4 Å². The molecule has 0 unspecified atom stereocenters. The number of nitriles is 1. The van der Waals surface area contributed by atoms with E-state index in [4.69, 9.17) is 21.6 Å². The molecule has 16 heavy (non-hydrogen) atoms. The highest BCUT2D eigenvalue weighted by Crippen LogP contribution is 2.21. The summed E-state index contributed by atoms with van der Waals surface area (Å²) in [6.45, 7) is 0. The van der Waals surface area contributed by atoms with E-state index in [0.717, 1.165) is 0 Å². The van der Waals surface area contributed by atoms with Crippen LogP contribution in [-0.4, -0.2) is 14.8 Å². The summed E-state index contributed by atoms with van der Waals surface area (Å²) in [5, 5.41) is 12.9. The molecule has 0 amide bonds. The largest absolute Gasteiger partial charge is 0.436 e. The molecule has 2 heterocycles. The zero-order valence-electron chi connectivity index (χ0n) is 8.38. The number of aromatic nitrogens is 3. The Labute approximate surface area is 96.9 Å². The Balaban J connectivity index is 2.28. The van der Waals surface area contributed by atoms with Crippen LogP contribution in [0.5, 0.6) is 11.6 Å². The summed E-state index contributed by atoms with van der Waals surface area (Å²) in [6.07, 6.45) is 3.24. The summed E-state index contributed by atoms with van der Waals surface area (Å²) in [5.74, 6) is 0.818. The Morgan fingerprint density at radius 3 is 2.94 bits per heavy atom. The lowest BCUT2D eigenvalue weighted by atomic mass is 10.3. The van der Waals surface area contributed by atoms with Gasteiger partial charge in [0.1, 0.15) is 5.15 Å². The van der Waals surface area contributed by atoms with Crippen LogP contribution in [0.3, 0.4) is 0 Å². The Hall–Kier alpha value is -2.06. The molecule has 0 radical (unpaired) electrons. The van der Waals surface area contributed by atoms with Crippen molar-refractivity contribution < 1.29 is 4.74 Å². The van der Waals surface area contributed by atoms with Gasteiger partial charge in [-0.25, -0.2) is 4.98 Å². The maximum absolute atomic E-state index is 8.75. The Kier molecular flexibility index (Phi) is 2.75. The molecule has 0 aliphatic rings. The fraction of sp³-hybridized carbons (Fsp3) is 0.100. The molecular weight excluding hydrogens is 228 g/mol. The predicted molar refractivity (Wildman–Crippen MR) is 57.2 cm³/mol. The molecule has 0 aliphatic carbocycles. The molecule has 6 heteroatoms. The van der Waals surface area contributed by atoms with Crippen LogP contribution in [0, 0.1) is 11.3 Å². The molecule has 2 aromatic rings. The van der Waals surface area contributed by atoms with E-state index < -0.39 is 0 Å². The minimum absolute atomic E-state index is 0.220. The number of pyridine rings is 1. The van der Waals surface area contributed by atoms with Gasteiger partial charge in [-0.1, -0.05) is 11.6 Å². The van der Waals surface area contributed by atoms with Gasteiger partial charge in [0.05, 0.1) is 24.0 Å². The average Bonchev–Trinajstić information content (AvgIpc) is 2.63. The lowest BCUT2D eigenvalue weighted by molar-refractivity contribution is 0.462. The highest BCUT2D eigenvalue weighted by molar-refractivity contribution is 6.29. The van der Waals surface area contributed by atoms with Gasteiger partial charge in [-0.15, -0.1) is 0 Å². The second-order valence-corrected chi connectivity index (χ2v) is 3.47. The van der Waals surface area contributed by atoms with Gasteiger partial charge in [0.25, 0.3) is 0 Å². The fourth-order valence-electron chi connectivity index (χ4n) is 1.16. The molecule has 0 fully saturated rings. The summed E-state index contributed by atoms with van der Waals surface area (Å²) in [6, 6.07) is 4.96. The Morgan fingerprint density at radius 1 is 1.50 bits per heavy atom. The predicted octanol–water partition coefficient (Wildman–Crippen LogP) is 2.13. The van der Waals surface area contributed by atoms with Gasteiger partial charge in [0.2, 0.25) is 5.88 Å². The first-order valence-corrected chi connectivity index (χ1v) is 4.79. The second kappa shape index (κ2) is 4.21. The van der Waals surface area contributed by atoms with Crippen molar-refractivity contribution in [2.75, 3.05) is 0 Å². The molecule has 0 spiro atoms. The first-order valence-electron chi connectivity index (χ1n) is 4.41. The van der Waals surface area contributed by atoms with Crippen molar-refractivity contribution in [2.45, 2.75) is 0 Å². The van der Waals surface area contributed by atoms with Crippen LogP contribution in [0.25, 0.3) is 0 Å². The topological polar surface area (TPSA) is 63.7 Å². The monoisotopic (exact) mass is 234 g/mol. The average molecular weight is 235 g/mol. The lowest BCUT2D eigenvalue weighted by Crippen LogP contribution is -1.89. The quantitative estimate of drug-likeness (QED) is 0.747. The van der Waals surface area contributed by atoms with E-state index >= 15 is 0 Å². The maximum Gasteiger partial charge on any atom is 0.222 e. The molecule has 0 saturated carbocycles.